The van der Waals surface area contributed by atoms with Crippen LogP contribution in [0.4, 0.5) is 0 Å². The van der Waals surface area contributed by atoms with E-state index in [-0.39, 0.29) is 25.9 Å². The molecule has 0 aliphatic carbocycles. The minimum atomic E-state index is -1.90. The Morgan fingerprint density at radius 1 is 0.429 bits per heavy atom. The van der Waals surface area contributed by atoms with Gasteiger partial charge < -0.3 is 39.0 Å². The fourth-order valence-corrected chi connectivity index (χ4v) is 9.76. The van der Waals surface area contributed by atoms with Crippen LogP contribution in [0.3, 0.4) is 0 Å². The molecule has 1 aliphatic heterocycles. The smallest absolute Gasteiger partial charge is 0.335 e. The van der Waals surface area contributed by atoms with E-state index < -0.39 is 67.3 Å². The normalized spacial score (nSPS) is 18.2. The number of carboxylic acid groups (broad SMARTS) is 1. The van der Waals surface area contributed by atoms with Crippen molar-refractivity contribution in [2.75, 3.05) is 13.2 Å². The number of allylic oxidation sites excluding steroid dienone is 6. The van der Waals surface area contributed by atoms with Crippen LogP contribution in [0.15, 0.2) is 36.5 Å². The highest BCUT2D eigenvalue weighted by Crippen LogP contribution is 2.27. The molecule has 1 rings (SSSR count). The summed E-state index contributed by atoms with van der Waals surface area (Å²) in [6.45, 7) is 5.95. The topological polar surface area (TPSA) is 175 Å². The quantitative estimate of drug-likeness (QED) is 0.0228. The minimum Gasteiger partial charge on any atom is -0.479 e. The number of esters is 3. The summed E-state index contributed by atoms with van der Waals surface area (Å²) >= 11 is 0. The molecular formula is C65H116O12. The second-order valence-electron chi connectivity index (χ2n) is 22.0. The third kappa shape index (κ3) is 43.4. The van der Waals surface area contributed by atoms with Crippen molar-refractivity contribution < 1.29 is 58.2 Å². The summed E-state index contributed by atoms with van der Waals surface area (Å²) in [5.74, 6) is -3.11. The summed E-state index contributed by atoms with van der Waals surface area (Å²) in [6, 6.07) is 0. The standard InChI is InChI=1S/C65H116O12/c1-4-7-10-13-16-19-22-25-27-28-29-30-32-35-38-41-44-47-50-53-59(68)76-63-61(70)60(69)62(64(71)72)77-65(63)74-55-56(75-58(67)52-49-46-43-40-37-33-24-21-18-15-12-9-6-3)54-73-57(66)51-48-45-42-39-36-34-31-26-23-20-17-14-11-8-5-2/h12,15,21,24-25,27,56,60-63,65,69-70H,4-11,13-14,16-20,22-23,26,28-55H2,1-3H3,(H,71,72)/b15-12-,24-21-,27-25-. The first-order valence-corrected chi connectivity index (χ1v) is 32.0. The summed E-state index contributed by atoms with van der Waals surface area (Å²) in [7, 11) is 0. The lowest BCUT2D eigenvalue weighted by Crippen LogP contribution is -2.61. The van der Waals surface area contributed by atoms with Gasteiger partial charge >= 0.3 is 23.9 Å². The molecule has 448 valence electrons. The molecule has 0 amide bonds. The average Bonchev–Trinajstić information content (AvgIpc) is 3.42. The van der Waals surface area contributed by atoms with Gasteiger partial charge in [0.25, 0.3) is 0 Å². The molecule has 1 fully saturated rings. The van der Waals surface area contributed by atoms with Crippen molar-refractivity contribution in [1.29, 1.82) is 0 Å². The van der Waals surface area contributed by atoms with Gasteiger partial charge in [-0.2, -0.15) is 0 Å². The Hall–Kier alpha value is -3.06. The van der Waals surface area contributed by atoms with Gasteiger partial charge in [-0.1, -0.05) is 250 Å². The molecule has 0 bridgehead atoms. The van der Waals surface area contributed by atoms with Crippen molar-refractivity contribution in [3.63, 3.8) is 0 Å². The molecule has 0 saturated carbocycles. The summed E-state index contributed by atoms with van der Waals surface area (Å²) in [4.78, 5) is 51.2. The highest BCUT2D eigenvalue weighted by Gasteiger charge is 2.50. The number of hydrogen-bond donors (Lipinski definition) is 3. The SMILES string of the molecule is CCC/C=C\C/C=C\CCCCCCCC(=O)OC(COC(=O)CCCCCCCCCCCCCCCCC)COC1OC(C(=O)O)C(O)C(O)C1OC(=O)CCCCCCCCCCC/C=C\CCCCCCCC. The average molecular weight is 1090 g/mol. The molecule has 0 aromatic heterocycles. The van der Waals surface area contributed by atoms with Crippen LogP contribution in [-0.4, -0.2) is 89.2 Å². The summed E-state index contributed by atoms with van der Waals surface area (Å²) in [5.41, 5.74) is 0. The Morgan fingerprint density at radius 3 is 1.23 bits per heavy atom. The second kappa shape index (κ2) is 53.6. The molecular weight excluding hydrogens is 973 g/mol. The van der Waals surface area contributed by atoms with E-state index in [1.165, 1.54) is 141 Å². The molecule has 0 spiro atoms. The Labute approximate surface area is 470 Å². The number of aliphatic hydroxyl groups excluding tert-OH is 2. The predicted molar refractivity (Wildman–Crippen MR) is 313 cm³/mol. The van der Waals surface area contributed by atoms with Crippen molar-refractivity contribution in [1.82, 2.24) is 0 Å². The number of hydrogen-bond acceptors (Lipinski definition) is 11. The molecule has 0 radical (unpaired) electrons. The maximum Gasteiger partial charge on any atom is 0.335 e. The van der Waals surface area contributed by atoms with Crippen LogP contribution in [0.25, 0.3) is 0 Å². The Bertz CT molecular complexity index is 1480. The van der Waals surface area contributed by atoms with Crippen molar-refractivity contribution >= 4 is 23.9 Å². The summed E-state index contributed by atoms with van der Waals surface area (Å²) < 4.78 is 28.5. The number of carbonyl (C=O) groups is 4. The number of unbranched alkanes of at least 4 members (excludes halogenated alkanes) is 35. The van der Waals surface area contributed by atoms with E-state index in [1.54, 1.807) is 0 Å². The molecule has 6 atom stereocenters. The maximum atomic E-state index is 13.1. The number of carboxylic acids is 1. The number of ether oxygens (including phenoxy) is 5. The fourth-order valence-electron chi connectivity index (χ4n) is 9.76. The van der Waals surface area contributed by atoms with Crippen molar-refractivity contribution in [3.05, 3.63) is 36.5 Å². The van der Waals surface area contributed by atoms with Gasteiger partial charge in [-0.05, 0) is 70.6 Å². The van der Waals surface area contributed by atoms with E-state index in [2.05, 4.69) is 57.2 Å². The van der Waals surface area contributed by atoms with E-state index in [9.17, 15) is 34.5 Å². The number of carbonyl (C=O) groups excluding carboxylic acids is 3. The van der Waals surface area contributed by atoms with Crippen LogP contribution in [0.1, 0.15) is 303 Å². The largest absolute Gasteiger partial charge is 0.479 e. The lowest BCUT2D eigenvalue weighted by Gasteiger charge is -2.40. The lowest BCUT2D eigenvalue weighted by atomic mass is 9.98. The van der Waals surface area contributed by atoms with Crippen LogP contribution in [0.5, 0.6) is 0 Å². The molecule has 1 aliphatic rings. The Kier molecular flexibility index (Phi) is 50.1. The van der Waals surface area contributed by atoms with Crippen LogP contribution < -0.4 is 0 Å². The zero-order valence-corrected chi connectivity index (χ0v) is 49.5. The van der Waals surface area contributed by atoms with Crippen LogP contribution in [0, 0.1) is 0 Å². The number of rotatable bonds is 55. The van der Waals surface area contributed by atoms with Gasteiger partial charge in [0.1, 0.15) is 18.8 Å². The molecule has 0 aromatic carbocycles. The van der Waals surface area contributed by atoms with Crippen molar-refractivity contribution in [3.8, 4) is 0 Å². The van der Waals surface area contributed by atoms with Crippen molar-refractivity contribution in [2.45, 2.75) is 340 Å². The first-order chi connectivity index (χ1) is 37.6. The first-order valence-electron chi connectivity index (χ1n) is 32.0. The first kappa shape index (κ1) is 72.0. The highest BCUT2D eigenvalue weighted by molar-refractivity contribution is 5.74. The van der Waals surface area contributed by atoms with Crippen LogP contribution in [-0.2, 0) is 42.9 Å². The second-order valence-corrected chi connectivity index (χ2v) is 22.0. The third-order valence-electron chi connectivity index (χ3n) is 14.7. The zero-order valence-electron chi connectivity index (χ0n) is 49.5. The molecule has 12 heteroatoms. The van der Waals surface area contributed by atoms with E-state index in [4.69, 9.17) is 23.7 Å². The third-order valence-corrected chi connectivity index (χ3v) is 14.7. The Balaban J connectivity index is 2.64. The van der Waals surface area contributed by atoms with Gasteiger partial charge in [0, 0.05) is 19.3 Å². The van der Waals surface area contributed by atoms with E-state index in [0.29, 0.717) is 19.3 Å². The Morgan fingerprint density at radius 2 is 0.805 bits per heavy atom. The zero-order chi connectivity index (χ0) is 56.1. The maximum absolute atomic E-state index is 13.1. The molecule has 1 saturated heterocycles. The van der Waals surface area contributed by atoms with E-state index in [1.807, 2.05) is 0 Å². The van der Waals surface area contributed by atoms with Gasteiger partial charge in [-0.15, -0.1) is 0 Å². The van der Waals surface area contributed by atoms with Gasteiger partial charge in [-0.25, -0.2) is 4.79 Å². The van der Waals surface area contributed by atoms with E-state index in [0.717, 1.165) is 103 Å². The van der Waals surface area contributed by atoms with Gasteiger partial charge in [-0.3, -0.25) is 14.4 Å². The predicted octanol–water partition coefficient (Wildman–Crippen LogP) is 16.8. The molecule has 1 heterocycles. The summed E-state index contributed by atoms with van der Waals surface area (Å²) in [6.07, 6.45) is 51.1. The minimum absolute atomic E-state index is 0.0599. The fraction of sp³-hybridized carbons (Fsp3) is 0.846. The van der Waals surface area contributed by atoms with Gasteiger partial charge in [0.05, 0.1) is 6.61 Å². The summed E-state index contributed by atoms with van der Waals surface area (Å²) in [5, 5.41) is 31.6. The van der Waals surface area contributed by atoms with Crippen LogP contribution in [0.2, 0.25) is 0 Å². The number of aliphatic hydroxyl groups is 2. The molecule has 0 aromatic rings. The monoisotopic (exact) mass is 1090 g/mol. The lowest BCUT2D eigenvalue weighted by molar-refractivity contribution is -0.301. The van der Waals surface area contributed by atoms with E-state index >= 15 is 0 Å². The molecule has 6 unspecified atom stereocenters. The van der Waals surface area contributed by atoms with Crippen molar-refractivity contribution in [2.24, 2.45) is 0 Å². The molecule has 12 nitrogen and oxygen atoms in total. The van der Waals surface area contributed by atoms with Crippen LogP contribution >= 0.6 is 0 Å². The van der Waals surface area contributed by atoms with Gasteiger partial charge in [0.2, 0.25) is 0 Å². The van der Waals surface area contributed by atoms with Gasteiger partial charge in [0.15, 0.2) is 24.6 Å². The number of aliphatic carboxylic acids is 1. The highest BCUT2D eigenvalue weighted by atomic mass is 16.7. The molecule has 3 N–H and O–H groups in total. The molecule has 77 heavy (non-hydrogen) atoms.